The van der Waals surface area contributed by atoms with Crippen LogP contribution in [-0.2, 0) is 4.79 Å². The van der Waals surface area contributed by atoms with E-state index in [2.05, 4.69) is 6.92 Å². The molecule has 1 amide bonds. The Hall–Kier alpha value is -1.98. The third-order valence-corrected chi connectivity index (χ3v) is 6.77. The molecule has 2 heterocycles. The fourth-order valence-corrected chi connectivity index (χ4v) is 5.91. The molecule has 2 aliphatic rings. The maximum atomic E-state index is 13.2. The highest BCUT2D eigenvalue weighted by Crippen LogP contribution is 2.44. The third-order valence-electron chi connectivity index (χ3n) is 4.16. The van der Waals surface area contributed by atoms with Crippen LogP contribution in [0.1, 0.15) is 18.9 Å². The molecule has 25 heavy (non-hydrogen) atoms. The first-order valence-electron chi connectivity index (χ1n) is 8.31. The molecular formula is C20H18N2OS2. The highest BCUT2D eigenvalue weighted by atomic mass is 32.2. The molecule has 0 aromatic heterocycles. The lowest BCUT2D eigenvalue weighted by Gasteiger charge is -2.21. The van der Waals surface area contributed by atoms with E-state index in [1.165, 1.54) is 11.4 Å². The van der Waals surface area contributed by atoms with Gasteiger partial charge in [-0.25, -0.2) is 0 Å². The molecule has 1 unspecified atom stereocenters. The molecule has 0 spiro atoms. The number of rotatable bonds is 2. The number of para-hydroxylation sites is 1. The number of hydrazone groups is 1. The minimum absolute atomic E-state index is 0.0332. The molecule has 1 fully saturated rings. The van der Waals surface area contributed by atoms with Gasteiger partial charge in [-0.05, 0) is 24.3 Å². The van der Waals surface area contributed by atoms with Crippen LogP contribution in [0.15, 0.2) is 75.6 Å². The second-order valence-electron chi connectivity index (χ2n) is 6.00. The van der Waals surface area contributed by atoms with Crippen molar-refractivity contribution in [1.29, 1.82) is 0 Å². The Morgan fingerprint density at radius 1 is 1.04 bits per heavy atom. The van der Waals surface area contributed by atoms with Gasteiger partial charge >= 0.3 is 0 Å². The predicted molar refractivity (Wildman–Crippen MR) is 108 cm³/mol. The van der Waals surface area contributed by atoms with Crippen LogP contribution in [0.4, 0.5) is 5.69 Å². The molecule has 0 saturated carbocycles. The summed E-state index contributed by atoms with van der Waals surface area (Å²) >= 11 is 3.58. The van der Waals surface area contributed by atoms with Crippen LogP contribution in [-0.4, -0.2) is 22.6 Å². The summed E-state index contributed by atoms with van der Waals surface area (Å²) in [7, 11) is 0. The number of amides is 1. The van der Waals surface area contributed by atoms with E-state index in [0.29, 0.717) is 5.25 Å². The third kappa shape index (κ3) is 3.26. The summed E-state index contributed by atoms with van der Waals surface area (Å²) in [5, 5.41) is 6.77. The molecule has 4 rings (SSSR count). The van der Waals surface area contributed by atoms with Gasteiger partial charge in [-0.2, -0.15) is 10.1 Å². The minimum Gasteiger partial charge on any atom is -0.267 e. The average molecular weight is 367 g/mol. The Morgan fingerprint density at radius 3 is 2.40 bits per heavy atom. The molecular weight excluding hydrogens is 348 g/mol. The van der Waals surface area contributed by atoms with Crippen LogP contribution in [0.5, 0.6) is 0 Å². The number of hydrogen-bond donors (Lipinski definition) is 0. The second kappa shape index (κ2) is 7.10. The van der Waals surface area contributed by atoms with Gasteiger partial charge < -0.3 is 0 Å². The fraction of sp³-hybridized carbons (Fsp3) is 0.200. The summed E-state index contributed by atoms with van der Waals surface area (Å²) in [6.07, 6.45) is 1.17. The highest BCUT2D eigenvalue weighted by Gasteiger charge is 2.36. The standard InChI is InChI=1S/C20H18N2OS2/c1-14-12-13-24-20(25-14)17-18(15-8-4-2-5-9-15)21-22(19(17)23)16-10-6-3-7-11-16/h2-11,14H,12-13H2,1H3/b20-17+. The molecule has 5 heteroatoms. The normalized spacial score (nSPS) is 23.7. The number of carbonyl (C=O) groups is 1. The number of carbonyl (C=O) groups excluding carboxylic acids is 1. The molecule has 3 nitrogen and oxygen atoms in total. The first-order valence-corrected chi connectivity index (χ1v) is 10.2. The molecule has 126 valence electrons. The number of nitrogens with zero attached hydrogens (tertiary/aromatic N) is 2. The Balaban J connectivity index is 1.83. The van der Waals surface area contributed by atoms with Crippen LogP contribution in [0, 0.1) is 0 Å². The average Bonchev–Trinajstić information content (AvgIpc) is 3.00. The predicted octanol–water partition coefficient (Wildman–Crippen LogP) is 4.91. The first kappa shape index (κ1) is 16.5. The summed E-state index contributed by atoms with van der Waals surface area (Å²) in [5.74, 6) is 1.02. The highest BCUT2D eigenvalue weighted by molar-refractivity contribution is 8.23. The zero-order valence-electron chi connectivity index (χ0n) is 13.9. The van der Waals surface area contributed by atoms with E-state index < -0.39 is 0 Å². The Labute approximate surface area is 156 Å². The number of benzene rings is 2. The van der Waals surface area contributed by atoms with Crippen LogP contribution in [0.25, 0.3) is 0 Å². The van der Waals surface area contributed by atoms with Gasteiger partial charge in [0.2, 0.25) is 0 Å². The van der Waals surface area contributed by atoms with E-state index in [1.54, 1.807) is 23.5 Å². The zero-order valence-corrected chi connectivity index (χ0v) is 15.5. The van der Waals surface area contributed by atoms with E-state index >= 15 is 0 Å². The van der Waals surface area contributed by atoms with E-state index in [0.717, 1.165) is 32.5 Å². The van der Waals surface area contributed by atoms with Crippen molar-refractivity contribution in [2.75, 3.05) is 10.8 Å². The van der Waals surface area contributed by atoms with Gasteiger partial charge in [-0.1, -0.05) is 55.5 Å². The van der Waals surface area contributed by atoms with E-state index in [1.807, 2.05) is 60.7 Å². The number of hydrogen-bond acceptors (Lipinski definition) is 4. The number of anilines is 1. The van der Waals surface area contributed by atoms with E-state index in [4.69, 9.17) is 5.10 Å². The molecule has 0 N–H and O–H groups in total. The van der Waals surface area contributed by atoms with Crippen molar-refractivity contribution in [2.24, 2.45) is 5.10 Å². The van der Waals surface area contributed by atoms with Crippen LogP contribution >= 0.6 is 23.5 Å². The van der Waals surface area contributed by atoms with Gasteiger partial charge in [0.25, 0.3) is 5.91 Å². The summed E-state index contributed by atoms with van der Waals surface area (Å²) < 4.78 is 1.10. The molecule has 1 atom stereocenters. The zero-order chi connectivity index (χ0) is 17.2. The molecule has 2 aromatic carbocycles. The SMILES string of the molecule is CC1CCS/C(=C2\C(=O)N(c3ccccc3)N=C2c2ccccc2)S1. The van der Waals surface area contributed by atoms with Crippen molar-refractivity contribution in [1.82, 2.24) is 0 Å². The Kier molecular flexibility index (Phi) is 4.68. The lowest BCUT2D eigenvalue weighted by Crippen LogP contribution is -2.22. The molecule has 0 bridgehead atoms. The first-order chi connectivity index (χ1) is 12.2. The van der Waals surface area contributed by atoms with Gasteiger partial charge in [0.05, 0.1) is 15.5 Å². The lowest BCUT2D eigenvalue weighted by atomic mass is 10.0. The van der Waals surface area contributed by atoms with Crippen LogP contribution in [0.3, 0.4) is 0 Å². The molecule has 1 saturated heterocycles. The van der Waals surface area contributed by atoms with Crippen LogP contribution < -0.4 is 5.01 Å². The maximum absolute atomic E-state index is 13.2. The molecule has 2 aromatic rings. The lowest BCUT2D eigenvalue weighted by molar-refractivity contribution is -0.114. The monoisotopic (exact) mass is 366 g/mol. The van der Waals surface area contributed by atoms with Crippen molar-refractivity contribution < 1.29 is 4.79 Å². The quantitative estimate of drug-likeness (QED) is 0.708. The summed E-state index contributed by atoms with van der Waals surface area (Å²) in [5.41, 5.74) is 3.31. The minimum atomic E-state index is -0.0332. The van der Waals surface area contributed by atoms with Gasteiger partial charge in [0, 0.05) is 10.8 Å². The summed E-state index contributed by atoms with van der Waals surface area (Å²) in [4.78, 5) is 13.2. The fourth-order valence-electron chi connectivity index (χ4n) is 2.85. The molecule has 2 aliphatic heterocycles. The van der Waals surface area contributed by atoms with Crippen molar-refractivity contribution in [3.63, 3.8) is 0 Å². The maximum Gasteiger partial charge on any atom is 0.282 e. The summed E-state index contributed by atoms with van der Waals surface area (Å²) in [6, 6.07) is 19.6. The van der Waals surface area contributed by atoms with Gasteiger partial charge in [-0.3, -0.25) is 4.79 Å². The van der Waals surface area contributed by atoms with Crippen molar-refractivity contribution in [3.8, 4) is 0 Å². The van der Waals surface area contributed by atoms with Gasteiger partial charge in [0.1, 0.15) is 5.71 Å². The topological polar surface area (TPSA) is 32.7 Å². The largest absolute Gasteiger partial charge is 0.282 e. The smallest absolute Gasteiger partial charge is 0.267 e. The van der Waals surface area contributed by atoms with E-state index in [-0.39, 0.29) is 5.91 Å². The number of thioether (sulfide) groups is 2. The van der Waals surface area contributed by atoms with Crippen molar-refractivity contribution in [2.45, 2.75) is 18.6 Å². The van der Waals surface area contributed by atoms with Crippen molar-refractivity contribution >= 4 is 40.8 Å². The van der Waals surface area contributed by atoms with Gasteiger partial charge in [0.15, 0.2) is 0 Å². The molecule has 0 radical (unpaired) electrons. The second-order valence-corrected chi connectivity index (χ2v) is 8.81. The van der Waals surface area contributed by atoms with Gasteiger partial charge in [-0.15, -0.1) is 23.5 Å². The molecule has 0 aliphatic carbocycles. The van der Waals surface area contributed by atoms with Crippen molar-refractivity contribution in [3.05, 3.63) is 76.0 Å². The van der Waals surface area contributed by atoms with Crippen LogP contribution in [0.2, 0.25) is 0 Å². The Bertz CT molecular complexity index is 847. The van der Waals surface area contributed by atoms with E-state index in [9.17, 15) is 4.79 Å². The summed E-state index contributed by atoms with van der Waals surface area (Å²) in [6.45, 7) is 2.22. The Morgan fingerprint density at radius 2 is 1.72 bits per heavy atom.